The Morgan fingerprint density at radius 1 is 1.47 bits per heavy atom. The fourth-order valence-electron chi connectivity index (χ4n) is 1.82. The van der Waals surface area contributed by atoms with Crippen molar-refractivity contribution in [3.05, 3.63) is 23.4 Å². The number of hydrogen-bond acceptors (Lipinski definition) is 3. The zero-order valence-corrected chi connectivity index (χ0v) is 11.7. The summed E-state index contributed by atoms with van der Waals surface area (Å²) in [6, 6.07) is 1.88. The molecule has 0 spiro atoms. The first kappa shape index (κ1) is 13.9. The van der Waals surface area contributed by atoms with Gasteiger partial charge in [0.2, 0.25) is 5.88 Å². The Morgan fingerprint density at radius 2 is 2.12 bits per heavy atom. The van der Waals surface area contributed by atoms with Crippen LogP contribution in [0.15, 0.2) is 12.3 Å². The topological polar surface area (TPSA) is 48.1 Å². The Morgan fingerprint density at radius 3 is 2.65 bits per heavy atom. The zero-order chi connectivity index (χ0) is 13.0. The van der Waals surface area contributed by atoms with Gasteiger partial charge >= 0.3 is 0 Å². The maximum absolute atomic E-state index is 5.82. The molecule has 4 heteroatoms. The standard InChI is InChI=1S/C13H20N2OS/c1-8(2)7-10(4)16-13-11(12(14)17)9(3)5-6-15-13/h5-6,8,10H,7H2,1-4H3,(H2,14,17). The summed E-state index contributed by atoms with van der Waals surface area (Å²) in [6.45, 7) is 8.32. The third-order valence-corrected chi connectivity index (χ3v) is 2.69. The predicted octanol–water partition coefficient (Wildman–Crippen LogP) is 2.84. The molecule has 0 aliphatic heterocycles. The third kappa shape index (κ3) is 3.97. The van der Waals surface area contributed by atoms with Crippen LogP contribution < -0.4 is 10.5 Å². The van der Waals surface area contributed by atoms with Crippen LogP contribution in [0.5, 0.6) is 5.88 Å². The fourth-order valence-corrected chi connectivity index (χ4v) is 2.07. The van der Waals surface area contributed by atoms with E-state index < -0.39 is 0 Å². The molecular formula is C13H20N2OS. The van der Waals surface area contributed by atoms with Gasteiger partial charge in [-0.05, 0) is 37.8 Å². The summed E-state index contributed by atoms with van der Waals surface area (Å²) in [5.41, 5.74) is 7.45. The quantitative estimate of drug-likeness (QED) is 0.819. The highest BCUT2D eigenvalue weighted by Crippen LogP contribution is 2.21. The van der Waals surface area contributed by atoms with Crippen LogP contribution >= 0.6 is 12.2 Å². The molecule has 94 valence electrons. The first-order valence-corrected chi connectivity index (χ1v) is 6.24. The maximum Gasteiger partial charge on any atom is 0.224 e. The molecule has 1 aromatic rings. The van der Waals surface area contributed by atoms with Gasteiger partial charge in [-0.15, -0.1) is 0 Å². The normalized spacial score (nSPS) is 12.5. The number of aryl methyl sites for hydroxylation is 1. The Hall–Kier alpha value is -1.16. The van der Waals surface area contributed by atoms with E-state index in [1.54, 1.807) is 6.20 Å². The molecule has 1 heterocycles. The molecule has 3 nitrogen and oxygen atoms in total. The average molecular weight is 252 g/mol. The molecule has 0 fully saturated rings. The molecule has 2 N–H and O–H groups in total. The number of thiocarbonyl (C=S) groups is 1. The molecular weight excluding hydrogens is 232 g/mol. The molecule has 0 saturated carbocycles. The van der Waals surface area contributed by atoms with Gasteiger partial charge in [0.15, 0.2) is 0 Å². The van der Waals surface area contributed by atoms with Crippen molar-refractivity contribution >= 4 is 17.2 Å². The van der Waals surface area contributed by atoms with Crippen LogP contribution in [-0.4, -0.2) is 16.1 Å². The Balaban J connectivity index is 2.91. The monoisotopic (exact) mass is 252 g/mol. The smallest absolute Gasteiger partial charge is 0.224 e. The van der Waals surface area contributed by atoms with Gasteiger partial charge in [0, 0.05) is 6.20 Å². The van der Waals surface area contributed by atoms with Crippen molar-refractivity contribution in [2.45, 2.75) is 40.2 Å². The van der Waals surface area contributed by atoms with E-state index in [0.717, 1.165) is 17.5 Å². The summed E-state index contributed by atoms with van der Waals surface area (Å²) >= 11 is 5.04. The van der Waals surface area contributed by atoms with Gasteiger partial charge in [-0.3, -0.25) is 0 Å². The minimum absolute atomic E-state index is 0.109. The summed E-state index contributed by atoms with van der Waals surface area (Å²) in [7, 11) is 0. The summed E-state index contributed by atoms with van der Waals surface area (Å²) in [4.78, 5) is 4.55. The second-order valence-electron chi connectivity index (χ2n) is 4.73. The van der Waals surface area contributed by atoms with E-state index in [2.05, 4.69) is 18.8 Å². The van der Waals surface area contributed by atoms with E-state index in [0.29, 0.717) is 16.8 Å². The van der Waals surface area contributed by atoms with Crippen molar-refractivity contribution in [1.82, 2.24) is 4.98 Å². The lowest BCUT2D eigenvalue weighted by Crippen LogP contribution is -2.20. The van der Waals surface area contributed by atoms with Crippen LogP contribution in [0.3, 0.4) is 0 Å². The van der Waals surface area contributed by atoms with Crippen LogP contribution in [0.1, 0.15) is 38.3 Å². The lowest BCUT2D eigenvalue weighted by molar-refractivity contribution is 0.185. The Kier molecular flexibility index (Phi) is 4.87. The van der Waals surface area contributed by atoms with E-state index in [1.165, 1.54) is 0 Å². The number of ether oxygens (including phenoxy) is 1. The number of aromatic nitrogens is 1. The highest BCUT2D eigenvalue weighted by molar-refractivity contribution is 7.80. The second-order valence-corrected chi connectivity index (χ2v) is 5.17. The predicted molar refractivity (Wildman–Crippen MR) is 74.4 cm³/mol. The molecule has 1 unspecified atom stereocenters. The lowest BCUT2D eigenvalue weighted by atomic mass is 10.1. The molecule has 1 rings (SSSR count). The van der Waals surface area contributed by atoms with Gasteiger partial charge in [0.1, 0.15) is 4.99 Å². The first-order chi connectivity index (χ1) is 7.91. The van der Waals surface area contributed by atoms with Crippen molar-refractivity contribution in [2.75, 3.05) is 0 Å². The second kappa shape index (κ2) is 5.96. The lowest BCUT2D eigenvalue weighted by Gasteiger charge is -2.18. The van der Waals surface area contributed by atoms with E-state index >= 15 is 0 Å². The van der Waals surface area contributed by atoms with Crippen LogP contribution in [0, 0.1) is 12.8 Å². The Labute approximate surface area is 108 Å². The summed E-state index contributed by atoms with van der Waals surface area (Å²) in [5.74, 6) is 1.13. The fraction of sp³-hybridized carbons (Fsp3) is 0.538. The van der Waals surface area contributed by atoms with Crippen LogP contribution in [0.4, 0.5) is 0 Å². The summed E-state index contributed by atoms with van der Waals surface area (Å²) in [5, 5.41) is 0. The molecule has 0 amide bonds. The molecule has 1 aromatic heterocycles. The van der Waals surface area contributed by atoms with E-state index in [9.17, 15) is 0 Å². The largest absolute Gasteiger partial charge is 0.474 e. The third-order valence-electron chi connectivity index (χ3n) is 2.49. The van der Waals surface area contributed by atoms with Gasteiger partial charge in [0.05, 0.1) is 11.7 Å². The van der Waals surface area contributed by atoms with Gasteiger partial charge in [-0.2, -0.15) is 0 Å². The van der Waals surface area contributed by atoms with Crippen LogP contribution in [-0.2, 0) is 0 Å². The van der Waals surface area contributed by atoms with Crippen LogP contribution in [0.25, 0.3) is 0 Å². The van der Waals surface area contributed by atoms with Crippen molar-refractivity contribution in [1.29, 1.82) is 0 Å². The number of hydrogen-bond donors (Lipinski definition) is 1. The van der Waals surface area contributed by atoms with E-state index in [4.69, 9.17) is 22.7 Å². The molecule has 0 aliphatic rings. The molecule has 0 aromatic carbocycles. The van der Waals surface area contributed by atoms with E-state index in [-0.39, 0.29) is 6.10 Å². The number of nitrogens with zero attached hydrogens (tertiary/aromatic N) is 1. The molecule has 0 saturated heterocycles. The van der Waals surface area contributed by atoms with Crippen molar-refractivity contribution in [2.24, 2.45) is 11.7 Å². The number of rotatable bonds is 5. The van der Waals surface area contributed by atoms with Crippen molar-refractivity contribution in [3.63, 3.8) is 0 Å². The molecule has 17 heavy (non-hydrogen) atoms. The summed E-state index contributed by atoms with van der Waals surface area (Å²) in [6.07, 6.45) is 2.80. The molecule has 1 atom stereocenters. The van der Waals surface area contributed by atoms with E-state index in [1.807, 2.05) is 19.9 Å². The van der Waals surface area contributed by atoms with Gasteiger partial charge in [-0.1, -0.05) is 26.1 Å². The minimum Gasteiger partial charge on any atom is -0.474 e. The van der Waals surface area contributed by atoms with Gasteiger partial charge < -0.3 is 10.5 Å². The SMILES string of the molecule is Cc1ccnc(OC(C)CC(C)C)c1C(N)=S. The van der Waals surface area contributed by atoms with Crippen LogP contribution in [0.2, 0.25) is 0 Å². The molecule has 0 aliphatic carbocycles. The Bertz CT molecular complexity index is 404. The minimum atomic E-state index is 0.109. The highest BCUT2D eigenvalue weighted by atomic mass is 32.1. The maximum atomic E-state index is 5.82. The molecule has 0 bridgehead atoms. The van der Waals surface area contributed by atoms with Gasteiger partial charge in [0.25, 0.3) is 0 Å². The van der Waals surface area contributed by atoms with Crippen molar-refractivity contribution in [3.8, 4) is 5.88 Å². The number of nitrogens with two attached hydrogens (primary N) is 1. The number of pyridine rings is 1. The van der Waals surface area contributed by atoms with Crippen molar-refractivity contribution < 1.29 is 4.74 Å². The average Bonchev–Trinajstić information content (AvgIpc) is 2.15. The highest BCUT2D eigenvalue weighted by Gasteiger charge is 2.14. The molecule has 0 radical (unpaired) electrons. The first-order valence-electron chi connectivity index (χ1n) is 5.83. The zero-order valence-electron chi connectivity index (χ0n) is 10.9. The summed E-state index contributed by atoms with van der Waals surface area (Å²) < 4.78 is 5.82. The van der Waals surface area contributed by atoms with Gasteiger partial charge in [-0.25, -0.2) is 4.98 Å².